The standard InChI is InChI=1S/C12H27NO2/c1-4-6-12(7-8-14)9-13-11(3)10-15-5-2/h11-14H,4-10H2,1-3H3. The fraction of sp³-hybridized carbons (Fsp3) is 1.00. The van der Waals surface area contributed by atoms with E-state index in [1.807, 2.05) is 6.92 Å². The van der Waals surface area contributed by atoms with Gasteiger partial charge in [-0.25, -0.2) is 0 Å². The number of rotatable bonds is 10. The Kier molecular flexibility index (Phi) is 10.3. The molecule has 0 rings (SSSR count). The molecule has 0 aliphatic carbocycles. The number of aliphatic hydroxyl groups is 1. The fourth-order valence-electron chi connectivity index (χ4n) is 1.66. The van der Waals surface area contributed by atoms with E-state index < -0.39 is 0 Å². The van der Waals surface area contributed by atoms with E-state index in [2.05, 4.69) is 19.2 Å². The molecule has 0 heterocycles. The van der Waals surface area contributed by atoms with E-state index in [4.69, 9.17) is 9.84 Å². The van der Waals surface area contributed by atoms with Crippen molar-refractivity contribution in [2.24, 2.45) is 5.92 Å². The van der Waals surface area contributed by atoms with Crippen LogP contribution in [0.25, 0.3) is 0 Å². The van der Waals surface area contributed by atoms with Crippen LogP contribution in [-0.4, -0.2) is 37.5 Å². The van der Waals surface area contributed by atoms with Crippen LogP contribution in [0.4, 0.5) is 0 Å². The second-order valence-corrected chi connectivity index (χ2v) is 4.14. The first-order valence-corrected chi connectivity index (χ1v) is 6.16. The molecule has 0 aliphatic heterocycles. The molecule has 3 nitrogen and oxygen atoms in total. The minimum atomic E-state index is 0.298. The van der Waals surface area contributed by atoms with Gasteiger partial charge in [-0.2, -0.15) is 0 Å². The Bertz CT molecular complexity index is 125. The second-order valence-electron chi connectivity index (χ2n) is 4.14. The van der Waals surface area contributed by atoms with Crippen LogP contribution in [-0.2, 0) is 4.74 Å². The molecule has 0 saturated carbocycles. The van der Waals surface area contributed by atoms with Crippen LogP contribution in [0.2, 0.25) is 0 Å². The quantitative estimate of drug-likeness (QED) is 0.586. The number of hydrogen-bond acceptors (Lipinski definition) is 3. The number of aliphatic hydroxyl groups excluding tert-OH is 1. The Morgan fingerprint density at radius 3 is 2.53 bits per heavy atom. The molecule has 0 radical (unpaired) electrons. The molecule has 0 spiro atoms. The summed E-state index contributed by atoms with van der Waals surface area (Å²) < 4.78 is 5.34. The number of nitrogens with one attached hydrogen (secondary N) is 1. The van der Waals surface area contributed by atoms with Crippen molar-refractivity contribution in [1.29, 1.82) is 0 Å². The van der Waals surface area contributed by atoms with Gasteiger partial charge in [0.05, 0.1) is 6.61 Å². The number of hydrogen-bond donors (Lipinski definition) is 2. The van der Waals surface area contributed by atoms with Gasteiger partial charge in [0.1, 0.15) is 0 Å². The molecule has 0 fully saturated rings. The predicted octanol–water partition coefficient (Wildman–Crippen LogP) is 1.80. The molecule has 0 aromatic heterocycles. The molecule has 0 saturated heterocycles. The average molecular weight is 217 g/mol. The lowest BCUT2D eigenvalue weighted by molar-refractivity contribution is 0.124. The van der Waals surface area contributed by atoms with Crippen LogP contribution in [0.3, 0.4) is 0 Å². The smallest absolute Gasteiger partial charge is 0.0616 e. The normalized spacial score (nSPS) is 15.2. The molecule has 92 valence electrons. The molecule has 2 N–H and O–H groups in total. The molecular formula is C12H27NO2. The van der Waals surface area contributed by atoms with Crippen LogP contribution >= 0.6 is 0 Å². The number of ether oxygens (including phenoxy) is 1. The molecule has 15 heavy (non-hydrogen) atoms. The Morgan fingerprint density at radius 1 is 1.27 bits per heavy atom. The SMILES string of the molecule is CCCC(CCO)CNC(C)COCC. The average Bonchev–Trinajstić information content (AvgIpc) is 2.23. The van der Waals surface area contributed by atoms with E-state index in [9.17, 15) is 0 Å². The third kappa shape index (κ3) is 8.85. The maximum atomic E-state index is 8.92. The van der Waals surface area contributed by atoms with Gasteiger partial charge in [0.15, 0.2) is 0 Å². The molecule has 0 bridgehead atoms. The maximum Gasteiger partial charge on any atom is 0.0616 e. The van der Waals surface area contributed by atoms with Crippen LogP contribution in [0.5, 0.6) is 0 Å². The van der Waals surface area contributed by atoms with Crippen LogP contribution in [0, 0.1) is 5.92 Å². The van der Waals surface area contributed by atoms with Crippen molar-refractivity contribution in [1.82, 2.24) is 5.32 Å². The molecule has 2 atom stereocenters. The lowest BCUT2D eigenvalue weighted by Gasteiger charge is -2.19. The second kappa shape index (κ2) is 10.4. The topological polar surface area (TPSA) is 41.5 Å². The van der Waals surface area contributed by atoms with Gasteiger partial charge in [0.25, 0.3) is 0 Å². The lowest BCUT2D eigenvalue weighted by Crippen LogP contribution is -2.34. The predicted molar refractivity (Wildman–Crippen MR) is 64.1 cm³/mol. The third-order valence-electron chi connectivity index (χ3n) is 2.56. The van der Waals surface area contributed by atoms with E-state index in [0.717, 1.165) is 26.2 Å². The third-order valence-corrected chi connectivity index (χ3v) is 2.56. The molecule has 0 aromatic carbocycles. The van der Waals surface area contributed by atoms with Crippen LogP contribution < -0.4 is 5.32 Å². The van der Waals surface area contributed by atoms with Gasteiger partial charge in [0.2, 0.25) is 0 Å². The van der Waals surface area contributed by atoms with Crippen molar-refractivity contribution >= 4 is 0 Å². The van der Waals surface area contributed by atoms with E-state index in [-0.39, 0.29) is 0 Å². The molecular weight excluding hydrogens is 190 g/mol. The van der Waals surface area contributed by atoms with Crippen molar-refractivity contribution in [3.63, 3.8) is 0 Å². The highest BCUT2D eigenvalue weighted by molar-refractivity contribution is 4.66. The summed E-state index contributed by atoms with van der Waals surface area (Å²) in [6.45, 7) is 9.17. The van der Waals surface area contributed by atoms with E-state index in [1.165, 1.54) is 12.8 Å². The van der Waals surface area contributed by atoms with Gasteiger partial charge in [-0.1, -0.05) is 13.3 Å². The summed E-state index contributed by atoms with van der Waals surface area (Å²) in [5.41, 5.74) is 0. The molecule has 0 aliphatic rings. The zero-order valence-corrected chi connectivity index (χ0v) is 10.5. The highest BCUT2D eigenvalue weighted by Gasteiger charge is 2.08. The zero-order chi connectivity index (χ0) is 11.5. The van der Waals surface area contributed by atoms with E-state index >= 15 is 0 Å². The lowest BCUT2D eigenvalue weighted by atomic mass is 10.00. The van der Waals surface area contributed by atoms with Gasteiger partial charge >= 0.3 is 0 Å². The highest BCUT2D eigenvalue weighted by Crippen LogP contribution is 2.09. The van der Waals surface area contributed by atoms with E-state index in [1.54, 1.807) is 0 Å². The van der Waals surface area contributed by atoms with Gasteiger partial charge in [-0.15, -0.1) is 0 Å². The minimum Gasteiger partial charge on any atom is -0.396 e. The van der Waals surface area contributed by atoms with E-state index in [0.29, 0.717) is 18.6 Å². The Morgan fingerprint density at radius 2 is 2.00 bits per heavy atom. The van der Waals surface area contributed by atoms with Gasteiger partial charge in [0, 0.05) is 19.3 Å². The van der Waals surface area contributed by atoms with Crippen LogP contribution in [0.15, 0.2) is 0 Å². The van der Waals surface area contributed by atoms with Crippen molar-refractivity contribution < 1.29 is 9.84 Å². The molecule has 0 amide bonds. The first kappa shape index (κ1) is 14.9. The van der Waals surface area contributed by atoms with Crippen molar-refractivity contribution in [2.75, 3.05) is 26.4 Å². The Hall–Kier alpha value is -0.120. The Balaban J connectivity index is 3.57. The zero-order valence-electron chi connectivity index (χ0n) is 10.5. The van der Waals surface area contributed by atoms with Crippen molar-refractivity contribution in [3.05, 3.63) is 0 Å². The first-order chi connectivity index (χ1) is 7.24. The first-order valence-electron chi connectivity index (χ1n) is 6.16. The summed E-state index contributed by atoms with van der Waals surface area (Å²) >= 11 is 0. The minimum absolute atomic E-state index is 0.298. The summed E-state index contributed by atoms with van der Waals surface area (Å²) in [5, 5.41) is 12.4. The highest BCUT2D eigenvalue weighted by atomic mass is 16.5. The van der Waals surface area contributed by atoms with Crippen molar-refractivity contribution in [3.8, 4) is 0 Å². The van der Waals surface area contributed by atoms with Gasteiger partial charge in [-0.05, 0) is 39.2 Å². The molecule has 2 unspecified atom stereocenters. The Labute approximate surface area is 94.2 Å². The van der Waals surface area contributed by atoms with Gasteiger partial charge < -0.3 is 15.2 Å². The van der Waals surface area contributed by atoms with Gasteiger partial charge in [-0.3, -0.25) is 0 Å². The summed E-state index contributed by atoms with van der Waals surface area (Å²) in [6.07, 6.45) is 3.28. The monoisotopic (exact) mass is 217 g/mol. The molecule has 0 aromatic rings. The fourth-order valence-corrected chi connectivity index (χ4v) is 1.66. The summed E-state index contributed by atoms with van der Waals surface area (Å²) in [6, 6.07) is 0.406. The largest absolute Gasteiger partial charge is 0.396 e. The van der Waals surface area contributed by atoms with Crippen molar-refractivity contribution in [2.45, 2.75) is 46.1 Å². The molecule has 3 heteroatoms. The maximum absolute atomic E-state index is 8.92. The summed E-state index contributed by atoms with van der Waals surface area (Å²) in [5.74, 6) is 0.601. The summed E-state index contributed by atoms with van der Waals surface area (Å²) in [7, 11) is 0. The summed E-state index contributed by atoms with van der Waals surface area (Å²) in [4.78, 5) is 0. The van der Waals surface area contributed by atoms with Crippen LogP contribution in [0.1, 0.15) is 40.0 Å².